The van der Waals surface area contributed by atoms with Gasteiger partial charge in [-0.25, -0.2) is 0 Å². The van der Waals surface area contributed by atoms with E-state index in [9.17, 15) is 4.79 Å². The first-order chi connectivity index (χ1) is 10.7. The third-order valence-electron chi connectivity index (χ3n) is 4.34. The molecule has 0 aromatic heterocycles. The number of esters is 1. The van der Waals surface area contributed by atoms with Crippen molar-refractivity contribution < 1.29 is 14.3 Å². The summed E-state index contributed by atoms with van der Waals surface area (Å²) in [6.45, 7) is 4.30. The van der Waals surface area contributed by atoms with Crippen molar-refractivity contribution in [2.75, 3.05) is 47.0 Å². The number of hydrogen-bond donors (Lipinski definition) is 1. The first kappa shape index (κ1) is 20.5. The summed E-state index contributed by atoms with van der Waals surface area (Å²) in [6, 6.07) is 0. The fourth-order valence-corrected chi connectivity index (χ4v) is 2.73. The molecule has 1 heterocycles. The molecule has 1 saturated heterocycles. The van der Waals surface area contributed by atoms with E-state index in [-0.39, 0.29) is 35.9 Å². The number of piperidine rings is 1. The minimum atomic E-state index is -0.0876. The molecule has 0 aromatic rings. The molecule has 23 heavy (non-hydrogen) atoms. The van der Waals surface area contributed by atoms with Crippen molar-refractivity contribution >= 4 is 35.9 Å². The van der Waals surface area contributed by atoms with Crippen LogP contribution in [0.1, 0.15) is 32.1 Å². The van der Waals surface area contributed by atoms with Gasteiger partial charge in [-0.2, -0.15) is 0 Å². The van der Waals surface area contributed by atoms with Crippen LogP contribution in [0.2, 0.25) is 0 Å². The van der Waals surface area contributed by atoms with E-state index in [0.717, 1.165) is 64.0 Å². The average Bonchev–Trinajstić information content (AvgIpc) is 3.38. The van der Waals surface area contributed by atoms with Crippen molar-refractivity contribution in [2.45, 2.75) is 32.1 Å². The van der Waals surface area contributed by atoms with Gasteiger partial charge in [-0.05, 0) is 38.0 Å². The number of nitrogens with one attached hydrogen (secondary N) is 1. The summed E-state index contributed by atoms with van der Waals surface area (Å²) in [5, 5.41) is 3.38. The number of aliphatic imine (C=N–C) groups is 1. The average molecular weight is 439 g/mol. The van der Waals surface area contributed by atoms with Crippen molar-refractivity contribution in [3.63, 3.8) is 0 Å². The zero-order valence-electron chi connectivity index (χ0n) is 14.3. The van der Waals surface area contributed by atoms with Gasteiger partial charge in [0.05, 0.1) is 13.0 Å². The highest BCUT2D eigenvalue weighted by molar-refractivity contribution is 14.0. The summed E-state index contributed by atoms with van der Waals surface area (Å²) in [5.74, 6) is 1.70. The minimum absolute atomic E-state index is 0. The summed E-state index contributed by atoms with van der Waals surface area (Å²) in [4.78, 5) is 18.1. The van der Waals surface area contributed by atoms with Crippen LogP contribution in [0.5, 0.6) is 0 Å². The Morgan fingerprint density at radius 3 is 2.52 bits per heavy atom. The number of halogens is 1. The van der Waals surface area contributed by atoms with Crippen LogP contribution in [-0.4, -0.2) is 63.8 Å². The molecular formula is C16H30IN3O3. The molecule has 6 nitrogen and oxygen atoms in total. The van der Waals surface area contributed by atoms with E-state index in [0.29, 0.717) is 0 Å². The lowest BCUT2D eigenvalue weighted by Crippen LogP contribution is -2.47. The summed E-state index contributed by atoms with van der Waals surface area (Å²) in [6.07, 6.45) is 5.33. The van der Waals surface area contributed by atoms with Crippen molar-refractivity contribution in [3.05, 3.63) is 0 Å². The van der Waals surface area contributed by atoms with Gasteiger partial charge in [-0.3, -0.25) is 9.79 Å². The van der Waals surface area contributed by atoms with E-state index >= 15 is 0 Å². The molecule has 134 valence electrons. The van der Waals surface area contributed by atoms with Gasteiger partial charge in [-0.15, -0.1) is 24.0 Å². The highest BCUT2D eigenvalue weighted by Gasteiger charge is 2.26. The van der Waals surface area contributed by atoms with E-state index in [4.69, 9.17) is 9.47 Å². The lowest BCUT2D eigenvalue weighted by Gasteiger charge is -2.33. The Hall–Kier alpha value is -0.570. The molecule has 0 radical (unpaired) electrons. The Balaban J connectivity index is 0.00000264. The van der Waals surface area contributed by atoms with Gasteiger partial charge in [0.2, 0.25) is 0 Å². The number of nitrogens with zero attached hydrogens (tertiary/aromatic N) is 2. The van der Waals surface area contributed by atoms with Gasteiger partial charge in [-0.1, -0.05) is 0 Å². The normalized spacial score (nSPS) is 19.2. The van der Waals surface area contributed by atoms with Gasteiger partial charge in [0, 0.05) is 39.9 Å². The molecule has 0 bridgehead atoms. The number of carbonyl (C=O) groups excluding carboxylic acids is 1. The van der Waals surface area contributed by atoms with Crippen LogP contribution in [0.15, 0.2) is 4.99 Å². The zero-order valence-corrected chi connectivity index (χ0v) is 16.6. The SMILES string of the molecule is CN=C(NCCCOCC1CC1)N1CCC(C(=O)OC)CC1.I. The second-order valence-corrected chi connectivity index (χ2v) is 6.13. The maximum Gasteiger partial charge on any atom is 0.308 e. The van der Waals surface area contributed by atoms with Crippen LogP contribution >= 0.6 is 24.0 Å². The summed E-state index contributed by atoms with van der Waals surface area (Å²) in [7, 11) is 3.26. The van der Waals surface area contributed by atoms with E-state index < -0.39 is 0 Å². The molecule has 0 spiro atoms. The molecule has 0 unspecified atom stereocenters. The monoisotopic (exact) mass is 439 g/mol. The largest absolute Gasteiger partial charge is 0.469 e. The molecule has 2 rings (SSSR count). The Morgan fingerprint density at radius 2 is 1.96 bits per heavy atom. The molecule has 2 aliphatic rings. The fourth-order valence-electron chi connectivity index (χ4n) is 2.73. The van der Waals surface area contributed by atoms with Gasteiger partial charge in [0.25, 0.3) is 0 Å². The topological polar surface area (TPSA) is 63.2 Å². The van der Waals surface area contributed by atoms with Gasteiger partial charge in [0.15, 0.2) is 5.96 Å². The number of methoxy groups -OCH3 is 1. The third kappa shape index (κ3) is 7.24. The molecule has 0 atom stereocenters. The Kier molecular flexibility index (Phi) is 9.85. The van der Waals surface area contributed by atoms with E-state index in [1.807, 2.05) is 0 Å². The minimum Gasteiger partial charge on any atom is -0.469 e. The van der Waals surface area contributed by atoms with E-state index in [1.165, 1.54) is 20.0 Å². The van der Waals surface area contributed by atoms with Gasteiger partial charge in [0.1, 0.15) is 0 Å². The smallest absolute Gasteiger partial charge is 0.308 e. The lowest BCUT2D eigenvalue weighted by molar-refractivity contribution is -0.146. The van der Waals surface area contributed by atoms with Crippen LogP contribution in [-0.2, 0) is 14.3 Å². The molecule has 1 aliphatic carbocycles. The van der Waals surface area contributed by atoms with Crippen molar-refractivity contribution in [2.24, 2.45) is 16.8 Å². The second kappa shape index (κ2) is 11.1. The van der Waals surface area contributed by atoms with Crippen molar-refractivity contribution in [1.29, 1.82) is 0 Å². The summed E-state index contributed by atoms with van der Waals surface area (Å²) >= 11 is 0. The Labute approximate surface area is 156 Å². The highest BCUT2D eigenvalue weighted by Crippen LogP contribution is 2.28. The Morgan fingerprint density at radius 1 is 1.26 bits per heavy atom. The summed E-state index contributed by atoms with van der Waals surface area (Å²) < 4.78 is 10.4. The number of guanidine groups is 1. The number of hydrogen-bond acceptors (Lipinski definition) is 4. The molecule has 1 N–H and O–H groups in total. The number of carbonyl (C=O) groups is 1. The molecule has 2 fully saturated rings. The molecular weight excluding hydrogens is 409 g/mol. The molecule has 1 aliphatic heterocycles. The number of likely N-dealkylation sites (tertiary alicyclic amines) is 1. The van der Waals surface area contributed by atoms with Gasteiger partial charge >= 0.3 is 5.97 Å². The standard InChI is InChI=1S/C16H29N3O3.HI/c1-17-16(18-8-3-11-22-12-13-4-5-13)19-9-6-14(7-10-19)15(20)21-2;/h13-14H,3-12H2,1-2H3,(H,17,18);1H. The molecule has 0 aromatic carbocycles. The summed E-state index contributed by atoms with van der Waals surface area (Å²) in [5.41, 5.74) is 0. The van der Waals surface area contributed by atoms with Crippen LogP contribution in [0.25, 0.3) is 0 Å². The number of ether oxygens (including phenoxy) is 2. The van der Waals surface area contributed by atoms with Crippen LogP contribution in [0.4, 0.5) is 0 Å². The first-order valence-electron chi connectivity index (χ1n) is 8.35. The predicted molar refractivity (Wildman–Crippen MR) is 101 cm³/mol. The van der Waals surface area contributed by atoms with Crippen molar-refractivity contribution in [3.8, 4) is 0 Å². The zero-order chi connectivity index (χ0) is 15.8. The molecule has 1 saturated carbocycles. The fraction of sp³-hybridized carbons (Fsp3) is 0.875. The third-order valence-corrected chi connectivity index (χ3v) is 4.34. The van der Waals surface area contributed by atoms with Crippen LogP contribution in [0, 0.1) is 11.8 Å². The van der Waals surface area contributed by atoms with Crippen molar-refractivity contribution in [1.82, 2.24) is 10.2 Å². The van der Waals surface area contributed by atoms with Crippen LogP contribution < -0.4 is 5.32 Å². The number of rotatable bonds is 7. The van der Waals surface area contributed by atoms with Crippen LogP contribution in [0.3, 0.4) is 0 Å². The first-order valence-corrected chi connectivity index (χ1v) is 8.35. The molecule has 0 amide bonds. The predicted octanol–water partition coefficient (Wildman–Crippen LogP) is 1.88. The molecule has 7 heteroatoms. The quantitative estimate of drug-likeness (QED) is 0.216. The van der Waals surface area contributed by atoms with E-state index in [2.05, 4.69) is 15.2 Å². The maximum atomic E-state index is 11.5. The van der Waals surface area contributed by atoms with Gasteiger partial charge < -0.3 is 19.7 Å². The maximum absolute atomic E-state index is 11.5. The lowest BCUT2D eigenvalue weighted by atomic mass is 9.97. The van der Waals surface area contributed by atoms with E-state index in [1.54, 1.807) is 7.05 Å². The Bertz CT molecular complexity index is 381. The highest BCUT2D eigenvalue weighted by atomic mass is 127. The second-order valence-electron chi connectivity index (χ2n) is 6.13.